The van der Waals surface area contributed by atoms with Gasteiger partial charge in [-0.3, -0.25) is 0 Å². The third-order valence-corrected chi connectivity index (χ3v) is 0. The van der Waals surface area contributed by atoms with Gasteiger partial charge in [0.1, 0.15) is 0 Å². The maximum atomic E-state index is 8.12. The van der Waals surface area contributed by atoms with Crippen LogP contribution in [-0.2, 0) is 19.2 Å². The van der Waals surface area contributed by atoms with Gasteiger partial charge in [0.2, 0.25) is 0 Å². The minimum absolute atomic E-state index is 0. The molecule has 0 aromatic carbocycles. The summed E-state index contributed by atoms with van der Waals surface area (Å²) in [6, 6.07) is 0. The van der Waals surface area contributed by atoms with Crippen molar-refractivity contribution in [2.45, 2.75) is 0 Å². The van der Waals surface area contributed by atoms with E-state index in [0.29, 0.717) is 0 Å². The molecule has 5 heteroatoms. The Bertz CT molecular complexity index is 60.1. The number of rotatable bonds is 0. The second kappa shape index (κ2) is 126. The normalized spacial score (nSPS) is 2.29. The number of hydrogen-bond donors (Lipinski definition) is 0. The van der Waals surface area contributed by atoms with E-state index in [4.69, 9.17) is 19.2 Å². The molecule has 0 aliphatic rings. The molecule has 7 heavy (non-hydrogen) atoms. The highest BCUT2D eigenvalue weighted by Gasteiger charge is 1.13. The summed E-state index contributed by atoms with van der Waals surface area (Å²) in [4.78, 5) is 32.5. The molecule has 0 amide bonds. The molecule has 0 saturated carbocycles. The molecule has 0 bridgehead atoms. The second-order valence-corrected chi connectivity index (χ2v) is 0.167. The summed E-state index contributed by atoms with van der Waals surface area (Å²) in [5, 5.41) is 0. The Morgan fingerprint density at radius 1 is 0.714 bits per heavy atom. The minimum atomic E-state index is 0. The first-order valence-corrected chi connectivity index (χ1v) is 0.816. The lowest BCUT2D eigenvalue weighted by molar-refractivity contribution is -0.193. The van der Waals surface area contributed by atoms with Crippen molar-refractivity contribution in [2.24, 2.45) is 0 Å². The molecule has 0 aliphatic heterocycles. The Labute approximate surface area is 38.2 Å². The Morgan fingerprint density at radius 2 is 0.714 bits per heavy atom. The van der Waals surface area contributed by atoms with Crippen LogP contribution in [0.15, 0.2) is 0 Å². The van der Waals surface area contributed by atoms with Crippen molar-refractivity contribution < 1.29 is 24.7 Å². The van der Waals surface area contributed by atoms with Gasteiger partial charge in [-0.25, -0.2) is 0 Å². The van der Waals surface area contributed by atoms with Crippen LogP contribution >= 0.6 is 0 Å². The fraction of sp³-hybridized carbons (Fsp3) is 0. The van der Waals surface area contributed by atoms with E-state index in [1.54, 1.807) is 0 Å². The first-order valence-electron chi connectivity index (χ1n) is 0.816. The van der Waals surface area contributed by atoms with Crippen molar-refractivity contribution in [1.29, 1.82) is 0 Å². The van der Waals surface area contributed by atoms with E-state index in [0.717, 1.165) is 0 Å². The zero-order valence-corrected chi connectivity index (χ0v) is 3.13. The van der Waals surface area contributed by atoms with Crippen LogP contribution in [-0.4, -0.2) is 17.8 Å². The third kappa shape index (κ3) is 21.3. The molecule has 0 heterocycles. The average Bonchev–Trinajstić information content (AvgIpc) is 1.39. The van der Waals surface area contributed by atoms with Gasteiger partial charge in [-0.05, 0) is 0 Å². The van der Waals surface area contributed by atoms with E-state index in [1.165, 1.54) is 0 Å². The molecule has 0 spiro atoms. The fourth-order valence-electron chi connectivity index (χ4n) is 0. The molecule has 0 aromatic rings. The van der Waals surface area contributed by atoms with Crippen molar-refractivity contribution in [3.05, 3.63) is 0 Å². The monoisotopic (exact) mass is 106 g/mol. The maximum absolute atomic E-state index is 8.12. The molecule has 0 fully saturated rings. The Morgan fingerprint density at radius 3 is 0.714 bits per heavy atom. The molecular weight excluding hydrogens is 104 g/mol. The van der Waals surface area contributed by atoms with Crippen LogP contribution in [0.1, 0.15) is 0 Å². The minimum Gasteiger partial charge on any atom is -0.412 e. The summed E-state index contributed by atoms with van der Waals surface area (Å²) in [5.74, 6) is 0. The zero-order chi connectivity index (χ0) is 5.41. The molecule has 0 aromatic heterocycles. The summed E-state index contributed by atoms with van der Waals surface area (Å²) in [5.41, 5.74) is 0. The van der Waals surface area contributed by atoms with E-state index in [9.17, 15) is 0 Å². The molecular formula is C2H2O5. The fourth-order valence-corrected chi connectivity index (χ4v) is 0. The first-order chi connectivity index (χ1) is 2.83. The van der Waals surface area contributed by atoms with Crippen LogP contribution in [0.3, 0.4) is 0 Å². The largest absolute Gasteiger partial charge is 0.412 e. The lowest BCUT2D eigenvalue weighted by Crippen LogP contribution is -1.22. The molecule has 5 nitrogen and oxygen atoms in total. The molecule has 0 unspecified atom stereocenters. The molecule has 0 aliphatic carbocycles. The predicted octanol–water partition coefficient (Wildman–Crippen LogP) is -1.99. The van der Waals surface area contributed by atoms with Gasteiger partial charge in [0.25, 0.3) is 0 Å². The smallest absolute Gasteiger partial charge is 0.373 e. The van der Waals surface area contributed by atoms with Gasteiger partial charge < -0.3 is 5.48 Å². The Balaban J connectivity index is -0.0000000400. The number of carbonyl (C=O) groups excluding carboxylic acids is 4. The van der Waals surface area contributed by atoms with Crippen LogP contribution in [0, 0.1) is 0 Å². The summed E-state index contributed by atoms with van der Waals surface area (Å²) in [6.07, 6.45) is 0.500. The topological polar surface area (TPSA) is 99.8 Å². The molecule has 0 radical (unpaired) electrons. The lowest BCUT2D eigenvalue weighted by Gasteiger charge is -0.945. The van der Waals surface area contributed by atoms with Crippen molar-refractivity contribution in [1.82, 2.24) is 0 Å². The summed E-state index contributed by atoms with van der Waals surface area (Å²) in [6.45, 7) is 0. The van der Waals surface area contributed by atoms with Crippen LogP contribution in [0.5, 0.6) is 0 Å². The van der Waals surface area contributed by atoms with Gasteiger partial charge in [0.05, 0.1) is 0 Å². The molecule has 2 N–H and O–H groups in total. The summed E-state index contributed by atoms with van der Waals surface area (Å²) in [7, 11) is 0. The lowest BCUT2D eigenvalue weighted by atomic mass is 11.8. The van der Waals surface area contributed by atoms with Gasteiger partial charge in [0, 0.05) is 0 Å². The van der Waals surface area contributed by atoms with Crippen LogP contribution in [0.4, 0.5) is 0 Å². The standard InChI is InChI=1S/2CO2.H2O/c2*2-1-3;/h;;1H2. The van der Waals surface area contributed by atoms with E-state index >= 15 is 0 Å². The molecule has 40 valence electrons. The van der Waals surface area contributed by atoms with Crippen molar-refractivity contribution >= 4 is 12.3 Å². The second-order valence-electron chi connectivity index (χ2n) is 0.167. The van der Waals surface area contributed by atoms with Gasteiger partial charge in [-0.2, -0.15) is 19.2 Å². The quantitative estimate of drug-likeness (QED) is 0.356. The first kappa shape index (κ1) is 17.2. The number of hydrogen-bond acceptors (Lipinski definition) is 4. The van der Waals surface area contributed by atoms with Crippen molar-refractivity contribution in [3.63, 3.8) is 0 Å². The van der Waals surface area contributed by atoms with Gasteiger partial charge in [-0.15, -0.1) is 0 Å². The average molecular weight is 106 g/mol. The van der Waals surface area contributed by atoms with Crippen LogP contribution in [0.25, 0.3) is 0 Å². The van der Waals surface area contributed by atoms with Crippen LogP contribution in [0.2, 0.25) is 0 Å². The van der Waals surface area contributed by atoms with Crippen molar-refractivity contribution in [3.8, 4) is 0 Å². The highest BCUT2D eigenvalue weighted by molar-refractivity contribution is 5.20. The van der Waals surface area contributed by atoms with E-state index in [2.05, 4.69) is 0 Å². The third-order valence-electron chi connectivity index (χ3n) is 0. The van der Waals surface area contributed by atoms with Gasteiger partial charge in [0.15, 0.2) is 0 Å². The van der Waals surface area contributed by atoms with E-state index < -0.39 is 0 Å². The maximum Gasteiger partial charge on any atom is 0.373 e. The Kier molecular flexibility index (Phi) is 310. The zero-order valence-electron chi connectivity index (χ0n) is 3.13. The highest BCUT2D eigenvalue weighted by atomic mass is 16.2. The summed E-state index contributed by atoms with van der Waals surface area (Å²) >= 11 is 0. The van der Waals surface area contributed by atoms with Crippen molar-refractivity contribution in [2.75, 3.05) is 0 Å². The van der Waals surface area contributed by atoms with Gasteiger partial charge >= 0.3 is 12.3 Å². The van der Waals surface area contributed by atoms with E-state index in [-0.39, 0.29) is 17.8 Å². The molecule has 0 saturated heterocycles. The van der Waals surface area contributed by atoms with Crippen LogP contribution < -0.4 is 0 Å². The highest BCUT2D eigenvalue weighted by Crippen LogP contribution is 0.790. The predicted molar refractivity (Wildman–Crippen MR) is 13.6 cm³/mol. The van der Waals surface area contributed by atoms with E-state index in [1.807, 2.05) is 0 Å². The van der Waals surface area contributed by atoms with Gasteiger partial charge in [-0.1, -0.05) is 0 Å². The Hall–Kier alpha value is -1.28. The summed E-state index contributed by atoms with van der Waals surface area (Å²) < 4.78 is 0. The SMILES string of the molecule is O.O=C=O.O=C=O. The molecule has 0 atom stereocenters. The molecule has 0 rings (SSSR count).